The number of hydrogen-bond donors (Lipinski definition) is 0. The molecule has 8 aromatic carbocycles. The van der Waals surface area contributed by atoms with Gasteiger partial charge in [0.25, 0.3) is 0 Å². The summed E-state index contributed by atoms with van der Waals surface area (Å²) < 4.78 is 6.07. The lowest BCUT2D eigenvalue weighted by Crippen LogP contribution is -2.09. The molecule has 2 aromatic heterocycles. The van der Waals surface area contributed by atoms with Crippen molar-refractivity contribution in [2.75, 3.05) is 4.90 Å². The minimum Gasteiger partial charge on any atom is -0.436 e. The minimum absolute atomic E-state index is 0.603. The maximum atomic E-state index is 6.07. The molecule has 0 atom stereocenters. The van der Waals surface area contributed by atoms with Crippen LogP contribution in [0.2, 0.25) is 0 Å². The van der Waals surface area contributed by atoms with E-state index in [-0.39, 0.29) is 0 Å². The van der Waals surface area contributed by atoms with E-state index in [1.54, 1.807) is 0 Å². The molecule has 264 valence electrons. The fourth-order valence-electron chi connectivity index (χ4n) is 7.36. The van der Waals surface area contributed by atoms with Crippen molar-refractivity contribution in [3.63, 3.8) is 0 Å². The first-order valence-electron chi connectivity index (χ1n) is 18.7. The molecule has 0 bridgehead atoms. The average molecular weight is 719 g/mol. The standard InChI is InChI=1S/C51H34N4O/c1-5-15-35(16-6-1)43-33-46-47(34-44(43)36-17-7-2-8-18-36)53-50(49(52-46)37-19-9-3-10-20-37)38-25-29-41(30-26-38)55(40-21-11-4-12-22-40)42-31-27-39(28-32-42)51-54-45-23-13-14-24-48(45)56-51/h1-34H. The molecular weight excluding hydrogens is 685 g/mol. The van der Waals surface area contributed by atoms with Gasteiger partial charge in [-0.15, -0.1) is 0 Å². The van der Waals surface area contributed by atoms with E-state index in [1.807, 2.05) is 48.5 Å². The summed E-state index contributed by atoms with van der Waals surface area (Å²) in [4.78, 5) is 17.7. The first kappa shape index (κ1) is 33.0. The van der Waals surface area contributed by atoms with Crippen LogP contribution in [0.15, 0.2) is 211 Å². The third-order valence-electron chi connectivity index (χ3n) is 10.1. The minimum atomic E-state index is 0.603. The van der Waals surface area contributed by atoms with E-state index in [0.717, 1.165) is 89.5 Å². The zero-order valence-electron chi connectivity index (χ0n) is 30.3. The molecule has 0 aliphatic heterocycles. The summed E-state index contributed by atoms with van der Waals surface area (Å²) in [5.74, 6) is 0.603. The van der Waals surface area contributed by atoms with Crippen LogP contribution in [0.4, 0.5) is 17.1 Å². The highest BCUT2D eigenvalue weighted by atomic mass is 16.3. The molecule has 10 rings (SSSR count). The van der Waals surface area contributed by atoms with Crippen molar-refractivity contribution in [2.24, 2.45) is 0 Å². The summed E-state index contributed by atoms with van der Waals surface area (Å²) in [6.07, 6.45) is 0. The van der Waals surface area contributed by atoms with Crippen LogP contribution in [0.1, 0.15) is 0 Å². The molecule has 0 saturated carbocycles. The number of hydrogen-bond acceptors (Lipinski definition) is 5. The van der Waals surface area contributed by atoms with Crippen molar-refractivity contribution < 1.29 is 4.42 Å². The second-order valence-electron chi connectivity index (χ2n) is 13.7. The van der Waals surface area contributed by atoms with Gasteiger partial charge in [0.05, 0.1) is 22.4 Å². The van der Waals surface area contributed by atoms with Crippen LogP contribution < -0.4 is 4.90 Å². The largest absolute Gasteiger partial charge is 0.436 e. The van der Waals surface area contributed by atoms with Gasteiger partial charge >= 0.3 is 0 Å². The monoisotopic (exact) mass is 718 g/mol. The topological polar surface area (TPSA) is 55.1 Å². The third-order valence-corrected chi connectivity index (χ3v) is 10.1. The first-order valence-corrected chi connectivity index (χ1v) is 18.7. The molecule has 0 unspecified atom stereocenters. The van der Waals surface area contributed by atoms with Gasteiger partial charge in [-0.2, -0.15) is 0 Å². The van der Waals surface area contributed by atoms with Gasteiger partial charge in [-0.25, -0.2) is 15.0 Å². The van der Waals surface area contributed by atoms with Crippen LogP contribution in [0, 0.1) is 0 Å². The molecule has 0 spiro atoms. The van der Waals surface area contributed by atoms with E-state index in [4.69, 9.17) is 19.4 Å². The van der Waals surface area contributed by atoms with Crippen molar-refractivity contribution in [1.29, 1.82) is 0 Å². The molecule has 5 heteroatoms. The van der Waals surface area contributed by atoms with E-state index in [0.29, 0.717) is 5.89 Å². The Kier molecular flexibility index (Phi) is 8.43. The van der Waals surface area contributed by atoms with Gasteiger partial charge in [0.1, 0.15) is 5.52 Å². The number of para-hydroxylation sites is 3. The lowest BCUT2D eigenvalue weighted by atomic mass is 9.93. The molecule has 10 aromatic rings. The van der Waals surface area contributed by atoms with Crippen molar-refractivity contribution in [1.82, 2.24) is 15.0 Å². The van der Waals surface area contributed by atoms with Crippen molar-refractivity contribution in [2.45, 2.75) is 0 Å². The van der Waals surface area contributed by atoms with Crippen LogP contribution >= 0.6 is 0 Å². The predicted molar refractivity (Wildman–Crippen MR) is 229 cm³/mol. The Morgan fingerprint density at radius 2 is 0.732 bits per heavy atom. The second kappa shape index (κ2) is 14.3. The average Bonchev–Trinajstić information content (AvgIpc) is 3.72. The molecule has 0 fully saturated rings. The zero-order chi connectivity index (χ0) is 37.3. The van der Waals surface area contributed by atoms with E-state index >= 15 is 0 Å². The molecule has 2 heterocycles. The Balaban J connectivity index is 1.08. The number of fused-ring (bicyclic) bond motifs is 2. The quantitative estimate of drug-likeness (QED) is 0.157. The highest BCUT2D eigenvalue weighted by molar-refractivity contribution is 5.96. The molecule has 0 aliphatic rings. The van der Waals surface area contributed by atoms with Gasteiger partial charge in [-0.1, -0.05) is 133 Å². The van der Waals surface area contributed by atoms with Gasteiger partial charge < -0.3 is 9.32 Å². The smallest absolute Gasteiger partial charge is 0.227 e. The third kappa shape index (κ3) is 6.27. The Hall–Kier alpha value is -7.63. The molecule has 5 nitrogen and oxygen atoms in total. The van der Waals surface area contributed by atoms with Gasteiger partial charge in [0, 0.05) is 33.8 Å². The summed E-state index contributed by atoms with van der Waals surface area (Å²) in [5.41, 5.74) is 15.5. The SMILES string of the molecule is c1ccc(-c2cc3nc(-c4ccccc4)c(-c4ccc(N(c5ccccc5)c5ccc(-c6nc7ccccc7o6)cc5)cc4)nc3cc2-c2ccccc2)cc1. The Bertz CT molecular complexity index is 2900. The van der Waals surface area contributed by atoms with Gasteiger partial charge in [0.2, 0.25) is 5.89 Å². The van der Waals surface area contributed by atoms with E-state index in [1.165, 1.54) is 0 Å². The molecule has 56 heavy (non-hydrogen) atoms. The summed E-state index contributed by atoms with van der Waals surface area (Å²) in [6, 6.07) is 71.0. The van der Waals surface area contributed by atoms with E-state index in [9.17, 15) is 0 Å². The molecule has 0 saturated heterocycles. The maximum Gasteiger partial charge on any atom is 0.227 e. The lowest BCUT2D eigenvalue weighted by Gasteiger charge is -2.25. The number of benzene rings is 8. The second-order valence-corrected chi connectivity index (χ2v) is 13.7. The molecule has 0 N–H and O–H groups in total. The number of anilines is 3. The van der Waals surface area contributed by atoms with Gasteiger partial charge in [0.15, 0.2) is 5.58 Å². The Morgan fingerprint density at radius 3 is 1.25 bits per heavy atom. The van der Waals surface area contributed by atoms with E-state index < -0.39 is 0 Å². The number of rotatable bonds is 8. The van der Waals surface area contributed by atoms with Gasteiger partial charge in [-0.3, -0.25) is 0 Å². The van der Waals surface area contributed by atoms with Crippen LogP contribution in [-0.4, -0.2) is 15.0 Å². The fraction of sp³-hybridized carbons (Fsp3) is 0. The summed E-state index contributed by atoms with van der Waals surface area (Å²) in [7, 11) is 0. The number of aromatic nitrogens is 3. The van der Waals surface area contributed by atoms with E-state index in [2.05, 4.69) is 163 Å². The van der Waals surface area contributed by atoms with Crippen molar-refractivity contribution >= 4 is 39.2 Å². The highest BCUT2D eigenvalue weighted by Gasteiger charge is 2.19. The summed E-state index contributed by atoms with van der Waals surface area (Å²) in [6.45, 7) is 0. The fourth-order valence-corrected chi connectivity index (χ4v) is 7.36. The normalized spacial score (nSPS) is 11.2. The van der Waals surface area contributed by atoms with Crippen LogP contribution in [0.3, 0.4) is 0 Å². The lowest BCUT2D eigenvalue weighted by molar-refractivity contribution is 0.620. The van der Waals surface area contributed by atoms with Crippen LogP contribution in [-0.2, 0) is 0 Å². The molecule has 0 amide bonds. The number of nitrogens with zero attached hydrogens (tertiary/aromatic N) is 4. The Morgan fingerprint density at radius 1 is 0.321 bits per heavy atom. The summed E-state index contributed by atoms with van der Waals surface area (Å²) in [5, 5.41) is 0. The van der Waals surface area contributed by atoms with Gasteiger partial charge in [-0.05, 0) is 95.1 Å². The molecular formula is C51H34N4O. The van der Waals surface area contributed by atoms with Crippen LogP contribution in [0.5, 0.6) is 0 Å². The first-order chi connectivity index (χ1) is 27.7. The highest BCUT2D eigenvalue weighted by Crippen LogP contribution is 2.40. The zero-order valence-corrected chi connectivity index (χ0v) is 30.3. The predicted octanol–water partition coefficient (Wildman–Crippen LogP) is 13.6. The summed E-state index contributed by atoms with van der Waals surface area (Å²) >= 11 is 0. The van der Waals surface area contributed by atoms with Crippen molar-refractivity contribution in [3.05, 3.63) is 206 Å². The Labute approximate surface area is 324 Å². The number of oxazole rings is 1. The van der Waals surface area contributed by atoms with Crippen molar-refractivity contribution in [3.8, 4) is 56.2 Å². The van der Waals surface area contributed by atoms with Crippen LogP contribution in [0.25, 0.3) is 78.4 Å². The maximum absolute atomic E-state index is 6.07. The molecule has 0 radical (unpaired) electrons. The molecule has 0 aliphatic carbocycles.